The Balaban J connectivity index is 0.000000720. The quantitative estimate of drug-likeness (QED) is 0.623. The third-order valence-electron chi connectivity index (χ3n) is 3.28. The Kier molecular flexibility index (Phi) is 2.64. The molecule has 0 aromatic heterocycles. The van der Waals surface area contributed by atoms with E-state index in [1.54, 1.807) is 0 Å². The molecule has 0 aromatic rings. The second-order valence-corrected chi connectivity index (χ2v) is 3.89. The molecule has 4 atom stereocenters. The fourth-order valence-electron chi connectivity index (χ4n) is 2.51. The summed E-state index contributed by atoms with van der Waals surface area (Å²) in [7, 11) is 0. The van der Waals surface area contributed by atoms with E-state index in [-0.39, 0.29) is 24.2 Å². The molecule has 4 N–H and O–H groups in total. The summed E-state index contributed by atoms with van der Waals surface area (Å²) in [5, 5.41) is 0. The number of carbonyl (C=O) groups excluding carboxylic acids is 1. The molecule has 0 aliphatic heterocycles. The minimum absolute atomic E-state index is 0. The van der Waals surface area contributed by atoms with Gasteiger partial charge in [-0.25, -0.2) is 0 Å². The van der Waals surface area contributed by atoms with Crippen LogP contribution >= 0.6 is 12.4 Å². The molecule has 0 unspecified atom stereocenters. The highest BCUT2D eigenvalue weighted by Crippen LogP contribution is 2.48. The molecule has 0 radical (unpaired) electrons. The van der Waals surface area contributed by atoms with Gasteiger partial charge in [0.1, 0.15) is 0 Å². The first-order valence-electron chi connectivity index (χ1n) is 4.23. The van der Waals surface area contributed by atoms with E-state index in [0.29, 0.717) is 17.9 Å². The lowest BCUT2D eigenvalue weighted by Crippen LogP contribution is -2.44. The Bertz CT molecular complexity index is 197. The van der Waals surface area contributed by atoms with Gasteiger partial charge in [-0.2, -0.15) is 0 Å². The van der Waals surface area contributed by atoms with Crippen molar-refractivity contribution in [3.63, 3.8) is 0 Å². The first-order chi connectivity index (χ1) is 5.18. The van der Waals surface area contributed by atoms with Crippen molar-refractivity contribution in [1.29, 1.82) is 0 Å². The Labute approximate surface area is 78.3 Å². The van der Waals surface area contributed by atoms with Gasteiger partial charge in [0.05, 0.1) is 0 Å². The maximum absolute atomic E-state index is 10.8. The Morgan fingerprint density at radius 3 is 2.33 bits per heavy atom. The van der Waals surface area contributed by atoms with Crippen LogP contribution in [0, 0.1) is 17.8 Å². The van der Waals surface area contributed by atoms with Crippen molar-refractivity contribution in [3.05, 3.63) is 0 Å². The maximum atomic E-state index is 10.8. The number of nitrogens with two attached hydrogens (primary N) is 2. The lowest BCUT2D eigenvalue weighted by atomic mass is 9.72. The number of halogens is 1. The molecular formula is C8H15ClN2O. The van der Waals surface area contributed by atoms with Gasteiger partial charge in [0, 0.05) is 12.0 Å². The van der Waals surface area contributed by atoms with E-state index in [2.05, 4.69) is 0 Å². The van der Waals surface area contributed by atoms with E-state index in [1.807, 2.05) is 0 Å². The first kappa shape index (κ1) is 9.81. The molecule has 3 nitrogen and oxygen atoms in total. The zero-order valence-electron chi connectivity index (χ0n) is 6.90. The Morgan fingerprint density at radius 2 is 1.92 bits per heavy atom. The van der Waals surface area contributed by atoms with Crippen LogP contribution in [0.3, 0.4) is 0 Å². The predicted molar refractivity (Wildman–Crippen MR) is 48.7 cm³/mol. The van der Waals surface area contributed by atoms with Gasteiger partial charge in [0.25, 0.3) is 0 Å². The highest BCUT2D eigenvalue weighted by molar-refractivity contribution is 5.85. The minimum Gasteiger partial charge on any atom is -0.369 e. The maximum Gasteiger partial charge on any atom is 0.220 e. The highest BCUT2D eigenvalue weighted by atomic mass is 35.5. The Hall–Kier alpha value is -0.280. The van der Waals surface area contributed by atoms with Crippen LogP contribution < -0.4 is 11.5 Å². The molecule has 12 heavy (non-hydrogen) atoms. The van der Waals surface area contributed by atoms with Crippen molar-refractivity contribution in [2.45, 2.75) is 25.3 Å². The second-order valence-electron chi connectivity index (χ2n) is 3.89. The number of primary amides is 1. The summed E-state index contributed by atoms with van der Waals surface area (Å²) in [5.74, 6) is 1.31. The summed E-state index contributed by atoms with van der Waals surface area (Å²) in [6, 6.07) is 0.351. The largest absolute Gasteiger partial charge is 0.369 e. The topological polar surface area (TPSA) is 69.1 Å². The lowest BCUT2D eigenvalue weighted by Gasteiger charge is -2.37. The highest BCUT2D eigenvalue weighted by Gasteiger charge is 2.47. The van der Waals surface area contributed by atoms with Gasteiger partial charge in [-0.05, 0) is 31.1 Å². The summed E-state index contributed by atoms with van der Waals surface area (Å²) in [6.45, 7) is 0. The van der Waals surface area contributed by atoms with Crippen LogP contribution in [0.5, 0.6) is 0 Å². The Morgan fingerprint density at radius 1 is 1.25 bits per heavy atom. The monoisotopic (exact) mass is 190 g/mol. The molecule has 1 amide bonds. The van der Waals surface area contributed by atoms with Crippen molar-refractivity contribution in [2.24, 2.45) is 29.2 Å². The molecule has 2 fully saturated rings. The van der Waals surface area contributed by atoms with Crippen LogP contribution in [0.25, 0.3) is 0 Å². The average molecular weight is 191 g/mol. The van der Waals surface area contributed by atoms with E-state index < -0.39 is 0 Å². The van der Waals surface area contributed by atoms with Gasteiger partial charge in [0.2, 0.25) is 5.91 Å². The fraction of sp³-hybridized carbons (Fsp3) is 0.875. The standard InChI is InChI=1S/C8H14N2O.ClH/c9-7-3-4-1-5(8(10)11)2-6(4)7;/h4-7H,1-3,9H2,(H2,10,11);1H/t4-,5-,6+,7+;/m0./s1. The average Bonchev–Trinajstić information content (AvgIpc) is 2.26. The zero-order valence-corrected chi connectivity index (χ0v) is 7.72. The molecule has 70 valence electrons. The van der Waals surface area contributed by atoms with Crippen molar-refractivity contribution in [1.82, 2.24) is 0 Å². The number of hydrogen-bond donors (Lipinski definition) is 2. The lowest BCUT2D eigenvalue weighted by molar-refractivity contribution is -0.121. The first-order valence-corrected chi connectivity index (χ1v) is 4.23. The molecule has 2 rings (SSSR count). The molecule has 0 aromatic carbocycles. The van der Waals surface area contributed by atoms with E-state index in [0.717, 1.165) is 19.3 Å². The third-order valence-corrected chi connectivity index (χ3v) is 3.28. The van der Waals surface area contributed by atoms with E-state index in [1.165, 1.54) is 0 Å². The summed E-state index contributed by atoms with van der Waals surface area (Å²) in [6.07, 6.45) is 3.04. The van der Waals surface area contributed by atoms with E-state index in [9.17, 15) is 4.79 Å². The zero-order chi connectivity index (χ0) is 8.01. The number of carbonyl (C=O) groups is 1. The summed E-state index contributed by atoms with van der Waals surface area (Å²) in [4.78, 5) is 10.8. The molecule has 2 aliphatic rings. The SMILES string of the molecule is Cl.NC(=O)[C@H]1C[C@H]2C[C@@H](N)[C@@H]2C1. The van der Waals surface area contributed by atoms with E-state index >= 15 is 0 Å². The summed E-state index contributed by atoms with van der Waals surface area (Å²) in [5.41, 5.74) is 11.0. The van der Waals surface area contributed by atoms with Crippen LogP contribution in [0.2, 0.25) is 0 Å². The van der Waals surface area contributed by atoms with Crippen LogP contribution in [-0.2, 0) is 4.79 Å². The van der Waals surface area contributed by atoms with E-state index in [4.69, 9.17) is 11.5 Å². The molecule has 2 saturated carbocycles. The van der Waals surface area contributed by atoms with Gasteiger partial charge in [-0.3, -0.25) is 4.79 Å². The van der Waals surface area contributed by atoms with Crippen molar-refractivity contribution < 1.29 is 4.79 Å². The second kappa shape index (κ2) is 3.23. The van der Waals surface area contributed by atoms with Gasteiger partial charge in [-0.1, -0.05) is 0 Å². The van der Waals surface area contributed by atoms with Crippen LogP contribution in [-0.4, -0.2) is 11.9 Å². The molecule has 0 spiro atoms. The smallest absolute Gasteiger partial charge is 0.220 e. The predicted octanol–water partition coefficient (Wildman–Crippen LogP) is 0.267. The summed E-state index contributed by atoms with van der Waals surface area (Å²) < 4.78 is 0. The fourth-order valence-corrected chi connectivity index (χ4v) is 2.51. The van der Waals surface area contributed by atoms with Crippen molar-refractivity contribution in [2.75, 3.05) is 0 Å². The third kappa shape index (κ3) is 1.31. The normalized spacial score (nSPS) is 44.1. The molecule has 0 saturated heterocycles. The number of hydrogen-bond acceptors (Lipinski definition) is 2. The van der Waals surface area contributed by atoms with Gasteiger partial charge >= 0.3 is 0 Å². The number of fused-ring (bicyclic) bond motifs is 1. The molecule has 0 heterocycles. The minimum atomic E-state index is -0.133. The van der Waals surface area contributed by atoms with Crippen LogP contribution in [0.4, 0.5) is 0 Å². The molecular weight excluding hydrogens is 176 g/mol. The van der Waals surface area contributed by atoms with Crippen LogP contribution in [0.15, 0.2) is 0 Å². The van der Waals surface area contributed by atoms with Crippen molar-refractivity contribution in [3.8, 4) is 0 Å². The van der Waals surface area contributed by atoms with Crippen LogP contribution in [0.1, 0.15) is 19.3 Å². The molecule has 4 heteroatoms. The van der Waals surface area contributed by atoms with Gasteiger partial charge < -0.3 is 11.5 Å². The number of rotatable bonds is 1. The number of amides is 1. The van der Waals surface area contributed by atoms with Gasteiger partial charge in [0.15, 0.2) is 0 Å². The van der Waals surface area contributed by atoms with Crippen molar-refractivity contribution >= 4 is 18.3 Å². The molecule has 0 bridgehead atoms. The summed E-state index contributed by atoms with van der Waals surface area (Å²) >= 11 is 0. The van der Waals surface area contributed by atoms with Gasteiger partial charge in [-0.15, -0.1) is 12.4 Å². The molecule has 2 aliphatic carbocycles.